The van der Waals surface area contributed by atoms with Crippen LogP contribution in [-0.4, -0.2) is 35.7 Å². The number of methoxy groups -OCH3 is 3. The zero-order chi connectivity index (χ0) is 25.2. The zero-order valence-electron chi connectivity index (χ0n) is 20.9. The molecule has 0 unspecified atom stereocenters. The van der Waals surface area contributed by atoms with Crippen molar-refractivity contribution >= 4 is 45.6 Å². The zero-order valence-corrected chi connectivity index (χ0v) is 26.5. The van der Waals surface area contributed by atoms with Crippen molar-refractivity contribution in [2.24, 2.45) is 0 Å². The average Bonchev–Trinajstić information content (AvgIpc) is 3.33. The van der Waals surface area contributed by atoms with Crippen LogP contribution >= 0.6 is 11.6 Å². The molecule has 0 amide bonds. The summed E-state index contributed by atoms with van der Waals surface area (Å²) in [5.74, 6) is 3.11. The van der Waals surface area contributed by atoms with Gasteiger partial charge in [-0.2, -0.15) is 0 Å². The molecule has 1 N–H and O–H groups in total. The second-order valence-corrected chi connectivity index (χ2v) is 8.56. The smallest absolute Gasteiger partial charge is 0.162 e. The first-order valence-electron chi connectivity index (χ1n) is 11.3. The molecule has 0 aliphatic heterocycles. The molecular formula is C27H25AcClN5O3-. The summed E-state index contributed by atoms with van der Waals surface area (Å²) < 4.78 is 18.3. The summed E-state index contributed by atoms with van der Waals surface area (Å²) in [5.41, 5.74) is 5.05. The van der Waals surface area contributed by atoms with E-state index < -0.39 is 0 Å². The number of para-hydroxylation sites is 1. The molecule has 187 valence electrons. The molecule has 0 aliphatic carbocycles. The van der Waals surface area contributed by atoms with E-state index in [0.29, 0.717) is 40.3 Å². The van der Waals surface area contributed by atoms with Gasteiger partial charge in [0.2, 0.25) is 0 Å². The number of nitrogens with one attached hydrogen (secondary N) is 1. The van der Waals surface area contributed by atoms with Crippen molar-refractivity contribution in [3.63, 3.8) is 0 Å². The van der Waals surface area contributed by atoms with Gasteiger partial charge in [0.15, 0.2) is 11.5 Å². The molecule has 2 heterocycles. The predicted octanol–water partition coefficient (Wildman–Crippen LogP) is 6.82. The van der Waals surface area contributed by atoms with E-state index in [1.165, 1.54) is 0 Å². The molecule has 3 aromatic carbocycles. The van der Waals surface area contributed by atoms with E-state index >= 15 is 0 Å². The van der Waals surface area contributed by atoms with Gasteiger partial charge in [-0.25, -0.2) is 4.98 Å². The quantitative estimate of drug-likeness (QED) is 0.189. The first kappa shape index (κ1) is 27.3. The molecule has 8 nitrogen and oxygen atoms in total. The SMILES string of the molecule is COc1ccc(C[N-]c2ncc3c(Nc4c(C)cccc4Cl)nc4cc(OC)c(OC)cc4n23)cc1.[Ac]. The molecule has 0 saturated carbocycles. The Kier molecular flexibility index (Phi) is 8.68. The molecule has 5 rings (SSSR count). The number of fused-ring (bicyclic) bond motifs is 3. The van der Waals surface area contributed by atoms with Gasteiger partial charge in [0.25, 0.3) is 0 Å². The summed E-state index contributed by atoms with van der Waals surface area (Å²) in [6, 6.07) is 17.3. The minimum Gasteiger partial charge on any atom is -0.497 e. The van der Waals surface area contributed by atoms with Gasteiger partial charge in [0.05, 0.1) is 37.6 Å². The van der Waals surface area contributed by atoms with Crippen LogP contribution in [0.5, 0.6) is 17.2 Å². The molecular weight excluding hydrogens is 705 g/mol. The summed E-state index contributed by atoms with van der Waals surface area (Å²) in [6.45, 7) is 2.44. The van der Waals surface area contributed by atoms with E-state index in [1.54, 1.807) is 27.5 Å². The molecule has 0 atom stereocenters. The molecule has 0 fully saturated rings. The molecule has 0 bridgehead atoms. The Balaban J connectivity index is 0.00000320. The molecule has 1 radical (unpaired) electrons. The number of benzene rings is 3. The van der Waals surface area contributed by atoms with Gasteiger partial charge in [-0.1, -0.05) is 35.9 Å². The number of ether oxygens (including phenoxy) is 3. The summed E-state index contributed by atoms with van der Waals surface area (Å²) in [4.78, 5) is 9.52. The number of imidazole rings is 1. The average molecular weight is 730 g/mol. The van der Waals surface area contributed by atoms with Crippen molar-refractivity contribution in [2.45, 2.75) is 13.5 Å². The fraction of sp³-hybridized carbons (Fsp3) is 0.185. The van der Waals surface area contributed by atoms with Crippen LogP contribution in [-0.2, 0) is 6.54 Å². The van der Waals surface area contributed by atoms with Gasteiger partial charge in [-0.15, -0.1) is 0 Å². The summed E-state index contributed by atoms with van der Waals surface area (Å²) in [6.07, 6.45) is 1.75. The topological polar surface area (TPSA) is 84.0 Å². The Bertz CT molecular complexity index is 1540. The van der Waals surface area contributed by atoms with Crippen LogP contribution in [0.4, 0.5) is 17.5 Å². The van der Waals surface area contributed by atoms with Gasteiger partial charge in [0.1, 0.15) is 11.6 Å². The minimum atomic E-state index is 0. The molecule has 2 aromatic heterocycles. The molecule has 0 saturated heterocycles. The van der Waals surface area contributed by atoms with Crippen LogP contribution in [0, 0.1) is 51.0 Å². The summed E-state index contributed by atoms with van der Waals surface area (Å²) in [5, 5.41) is 8.82. The van der Waals surface area contributed by atoms with Crippen LogP contribution in [0.3, 0.4) is 0 Å². The van der Waals surface area contributed by atoms with Crippen LogP contribution in [0.15, 0.2) is 60.8 Å². The monoisotopic (exact) mass is 729 g/mol. The van der Waals surface area contributed by atoms with Gasteiger partial charge < -0.3 is 34.2 Å². The predicted molar refractivity (Wildman–Crippen MR) is 143 cm³/mol. The second-order valence-electron chi connectivity index (χ2n) is 8.16. The maximum Gasteiger partial charge on any atom is 0.162 e. The number of nitrogens with zero attached hydrogens (tertiary/aromatic N) is 4. The molecule has 0 spiro atoms. The molecule has 5 aromatic rings. The molecule has 0 aliphatic rings. The van der Waals surface area contributed by atoms with E-state index in [9.17, 15) is 0 Å². The molecule has 10 heteroatoms. The van der Waals surface area contributed by atoms with Gasteiger partial charge in [-0.05, 0) is 48.5 Å². The van der Waals surface area contributed by atoms with E-state index in [1.807, 2.05) is 65.9 Å². The Morgan fingerprint density at radius 1 is 0.946 bits per heavy atom. The third-order valence-corrected chi connectivity index (χ3v) is 6.28. The Morgan fingerprint density at radius 3 is 2.35 bits per heavy atom. The maximum absolute atomic E-state index is 6.50. The van der Waals surface area contributed by atoms with Crippen molar-refractivity contribution in [3.05, 3.63) is 82.3 Å². The Morgan fingerprint density at radius 2 is 1.68 bits per heavy atom. The van der Waals surface area contributed by atoms with Crippen LogP contribution in [0.2, 0.25) is 5.02 Å². The first-order chi connectivity index (χ1) is 17.5. The molecule has 37 heavy (non-hydrogen) atoms. The van der Waals surface area contributed by atoms with Crippen molar-refractivity contribution in [2.75, 3.05) is 26.6 Å². The third-order valence-electron chi connectivity index (χ3n) is 5.97. The van der Waals surface area contributed by atoms with Crippen LogP contribution in [0.1, 0.15) is 11.1 Å². The number of hydrogen-bond donors (Lipinski definition) is 1. The normalized spacial score (nSPS) is 10.7. The van der Waals surface area contributed by atoms with E-state index in [-0.39, 0.29) is 44.1 Å². The van der Waals surface area contributed by atoms with Crippen LogP contribution < -0.4 is 19.5 Å². The maximum atomic E-state index is 6.50. The minimum absolute atomic E-state index is 0. The second kappa shape index (κ2) is 11.8. The van der Waals surface area contributed by atoms with Crippen molar-refractivity contribution in [1.82, 2.24) is 14.4 Å². The number of aryl methyl sites for hydroxylation is 1. The third kappa shape index (κ3) is 5.45. The largest absolute Gasteiger partial charge is 0.497 e. The van der Waals surface area contributed by atoms with Gasteiger partial charge in [-0.3, -0.25) is 0 Å². The van der Waals surface area contributed by atoms with Crippen molar-refractivity contribution in [3.8, 4) is 17.2 Å². The number of anilines is 2. The number of rotatable bonds is 8. The van der Waals surface area contributed by atoms with E-state index in [2.05, 4.69) is 10.3 Å². The Labute approximate surface area is 255 Å². The first-order valence-corrected chi connectivity index (χ1v) is 11.7. The van der Waals surface area contributed by atoms with Gasteiger partial charge in [0, 0.05) is 73.7 Å². The standard InChI is InChI=1S/C27H25ClN5O3.Ac/c1-16-6-5-7-19(28)25(16)32-26-22-15-30-27(29-14-17-8-10-18(34-2)11-9-17)33(22)21-13-24(36-4)23(35-3)12-20(21)31-26;/h5-13,15H,14H2,1-4H3,(H-,29,30,31,32);/q-1;. The van der Waals surface area contributed by atoms with Crippen LogP contribution in [0.25, 0.3) is 21.9 Å². The number of halogens is 1. The summed E-state index contributed by atoms with van der Waals surface area (Å²) in [7, 11) is 4.85. The number of aromatic nitrogens is 3. The fourth-order valence-corrected chi connectivity index (χ4v) is 4.32. The van der Waals surface area contributed by atoms with Crippen molar-refractivity contribution in [1.29, 1.82) is 0 Å². The van der Waals surface area contributed by atoms with E-state index in [4.69, 9.17) is 36.1 Å². The Hall–Kier alpha value is -2.73. The van der Waals surface area contributed by atoms with Crippen molar-refractivity contribution < 1.29 is 58.3 Å². The summed E-state index contributed by atoms with van der Waals surface area (Å²) >= 11 is 6.50. The van der Waals surface area contributed by atoms with Gasteiger partial charge >= 0.3 is 0 Å². The fourth-order valence-electron chi connectivity index (χ4n) is 4.06. The number of hydrogen-bond acceptors (Lipinski definition) is 6. The van der Waals surface area contributed by atoms with E-state index in [0.717, 1.165) is 33.6 Å².